The van der Waals surface area contributed by atoms with E-state index < -0.39 is 0 Å². The third-order valence-corrected chi connectivity index (χ3v) is 2.79. The zero-order valence-electron chi connectivity index (χ0n) is 10.7. The summed E-state index contributed by atoms with van der Waals surface area (Å²) < 4.78 is 6.30. The van der Waals surface area contributed by atoms with Crippen LogP contribution in [-0.2, 0) is 0 Å². The van der Waals surface area contributed by atoms with Crippen LogP contribution >= 0.6 is 0 Å². The summed E-state index contributed by atoms with van der Waals surface area (Å²) >= 11 is 0. The molecule has 0 saturated carbocycles. The Labute approximate surface area is 104 Å². The molecule has 96 valence electrons. The summed E-state index contributed by atoms with van der Waals surface area (Å²) in [6, 6.07) is 3.41. The van der Waals surface area contributed by atoms with Crippen LogP contribution < -0.4 is 9.47 Å². The molecule has 1 aromatic rings. The number of pyridine rings is 1. The first-order chi connectivity index (χ1) is 8.33. The molecule has 17 heavy (non-hydrogen) atoms. The molecule has 0 aromatic carbocycles. The van der Waals surface area contributed by atoms with E-state index in [0.717, 1.165) is 23.5 Å². The number of hydrogen-bond acceptors (Lipinski definition) is 2. The standard InChI is InChI=1S/C14H23NO2/c1-2-3-4-5-6-7-8-13-17-14-9-11-15(16)12-10-14/h9-12H,2-8,13H2,1H3. The third kappa shape index (κ3) is 6.82. The molecule has 1 aromatic heterocycles. The van der Waals surface area contributed by atoms with Crippen molar-refractivity contribution >= 4 is 0 Å². The summed E-state index contributed by atoms with van der Waals surface area (Å²) in [4.78, 5) is 0. The Balaban J connectivity index is 1.95. The van der Waals surface area contributed by atoms with Crippen LogP contribution in [0.15, 0.2) is 24.5 Å². The molecule has 0 fully saturated rings. The van der Waals surface area contributed by atoms with Crippen LogP contribution in [0.5, 0.6) is 5.75 Å². The molecule has 0 saturated heterocycles. The number of unbranched alkanes of at least 4 members (excludes halogenated alkanes) is 6. The Morgan fingerprint density at radius 1 is 1.00 bits per heavy atom. The quantitative estimate of drug-likeness (QED) is 0.374. The molecule has 0 atom stereocenters. The summed E-state index contributed by atoms with van der Waals surface area (Å²) in [6.45, 7) is 2.98. The smallest absolute Gasteiger partial charge is 0.184 e. The van der Waals surface area contributed by atoms with Gasteiger partial charge in [0.15, 0.2) is 12.4 Å². The van der Waals surface area contributed by atoms with E-state index in [1.54, 1.807) is 12.1 Å². The molecule has 0 spiro atoms. The number of aromatic nitrogens is 1. The lowest BCUT2D eigenvalue weighted by Crippen LogP contribution is -2.23. The predicted octanol–water partition coefficient (Wildman–Crippen LogP) is 3.45. The van der Waals surface area contributed by atoms with Crippen LogP contribution in [0, 0.1) is 5.21 Å². The lowest BCUT2D eigenvalue weighted by atomic mass is 10.1. The molecule has 1 rings (SSSR count). The maximum absolute atomic E-state index is 10.8. The molecular weight excluding hydrogens is 214 g/mol. The minimum Gasteiger partial charge on any atom is -0.619 e. The number of ether oxygens (including phenoxy) is 1. The monoisotopic (exact) mass is 237 g/mol. The number of nitrogens with zero attached hydrogens (tertiary/aromatic N) is 1. The maximum Gasteiger partial charge on any atom is 0.184 e. The summed E-state index contributed by atoms with van der Waals surface area (Å²) in [5.74, 6) is 0.781. The van der Waals surface area contributed by atoms with Gasteiger partial charge in [0, 0.05) is 12.1 Å². The van der Waals surface area contributed by atoms with E-state index in [1.165, 1.54) is 50.9 Å². The second kappa shape index (κ2) is 8.85. The summed E-state index contributed by atoms with van der Waals surface area (Å²) in [5, 5.41) is 10.8. The topological polar surface area (TPSA) is 36.2 Å². The van der Waals surface area contributed by atoms with Crippen molar-refractivity contribution in [3.8, 4) is 5.75 Å². The van der Waals surface area contributed by atoms with Gasteiger partial charge < -0.3 is 9.94 Å². The molecule has 0 aliphatic rings. The highest BCUT2D eigenvalue weighted by molar-refractivity contribution is 5.14. The van der Waals surface area contributed by atoms with E-state index in [1.807, 2.05) is 0 Å². The first-order valence-corrected chi connectivity index (χ1v) is 6.64. The first kappa shape index (κ1) is 13.8. The highest BCUT2D eigenvalue weighted by Crippen LogP contribution is 2.09. The number of rotatable bonds is 9. The molecule has 0 bridgehead atoms. The van der Waals surface area contributed by atoms with Crippen molar-refractivity contribution in [1.82, 2.24) is 0 Å². The summed E-state index contributed by atoms with van der Waals surface area (Å²) in [7, 11) is 0. The third-order valence-electron chi connectivity index (χ3n) is 2.79. The van der Waals surface area contributed by atoms with Crippen molar-refractivity contribution in [3.63, 3.8) is 0 Å². The Morgan fingerprint density at radius 2 is 1.59 bits per heavy atom. The van der Waals surface area contributed by atoms with Crippen LogP contribution in [-0.4, -0.2) is 6.61 Å². The van der Waals surface area contributed by atoms with Gasteiger partial charge in [0.2, 0.25) is 0 Å². The predicted molar refractivity (Wildman–Crippen MR) is 68.9 cm³/mol. The lowest BCUT2D eigenvalue weighted by molar-refractivity contribution is -0.605. The normalized spacial score (nSPS) is 10.4. The Morgan fingerprint density at radius 3 is 2.24 bits per heavy atom. The van der Waals surface area contributed by atoms with E-state index in [0.29, 0.717) is 0 Å². The average molecular weight is 237 g/mol. The fraction of sp³-hybridized carbons (Fsp3) is 0.643. The molecule has 0 amide bonds. The number of hydrogen-bond donors (Lipinski definition) is 0. The second-order valence-electron chi connectivity index (χ2n) is 4.36. The van der Waals surface area contributed by atoms with Gasteiger partial charge in [-0.25, -0.2) is 0 Å². The van der Waals surface area contributed by atoms with Crippen molar-refractivity contribution in [1.29, 1.82) is 0 Å². The van der Waals surface area contributed by atoms with E-state index in [-0.39, 0.29) is 0 Å². The van der Waals surface area contributed by atoms with Crippen molar-refractivity contribution in [2.24, 2.45) is 0 Å². The summed E-state index contributed by atoms with van der Waals surface area (Å²) in [6.07, 6.45) is 11.9. The fourth-order valence-corrected chi connectivity index (χ4v) is 1.74. The van der Waals surface area contributed by atoms with E-state index in [2.05, 4.69) is 6.92 Å². The molecule has 0 radical (unpaired) electrons. The molecule has 0 N–H and O–H groups in total. The average Bonchev–Trinajstić information content (AvgIpc) is 2.35. The highest BCUT2D eigenvalue weighted by atomic mass is 16.5. The molecule has 3 nitrogen and oxygen atoms in total. The fourth-order valence-electron chi connectivity index (χ4n) is 1.74. The van der Waals surface area contributed by atoms with Gasteiger partial charge in [-0.15, -0.1) is 0 Å². The van der Waals surface area contributed by atoms with Gasteiger partial charge in [-0.05, 0) is 6.42 Å². The molecular formula is C14H23NO2. The molecule has 0 aliphatic carbocycles. The zero-order valence-corrected chi connectivity index (χ0v) is 10.7. The lowest BCUT2D eigenvalue weighted by Gasteiger charge is -2.05. The van der Waals surface area contributed by atoms with Crippen molar-refractivity contribution in [2.45, 2.75) is 51.9 Å². The van der Waals surface area contributed by atoms with Crippen LogP contribution in [0.1, 0.15) is 51.9 Å². The first-order valence-electron chi connectivity index (χ1n) is 6.64. The van der Waals surface area contributed by atoms with Crippen LogP contribution in [0.25, 0.3) is 0 Å². The highest BCUT2D eigenvalue weighted by Gasteiger charge is 1.96. The maximum atomic E-state index is 10.8. The Kier molecular flexibility index (Phi) is 7.19. The minimum absolute atomic E-state index is 0.747. The minimum atomic E-state index is 0.747. The van der Waals surface area contributed by atoms with Gasteiger partial charge in [-0.3, -0.25) is 0 Å². The molecule has 0 aliphatic heterocycles. The van der Waals surface area contributed by atoms with E-state index in [4.69, 9.17) is 4.74 Å². The Hall–Kier alpha value is -1.25. The van der Waals surface area contributed by atoms with Crippen molar-refractivity contribution < 1.29 is 9.47 Å². The van der Waals surface area contributed by atoms with Gasteiger partial charge in [0.05, 0.1) is 6.61 Å². The molecule has 3 heteroatoms. The molecule has 0 unspecified atom stereocenters. The summed E-state index contributed by atoms with van der Waals surface area (Å²) in [5.41, 5.74) is 0. The van der Waals surface area contributed by atoms with E-state index >= 15 is 0 Å². The largest absolute Gasteiger partial charge is 0.619 e. The zero-order chi connectivity index (χ0) is 12.3. The van der Waals surface area contributed by atoms with Gasteiger partial charge in [0.25, 0.3) is 0 Å². The van der Waals surface area contributed by atoms with Crippen LogP contribution in [0.4, 0.5) is 0 Å². The van der Waals surface area contributed by atoms with Crippen molar-refractivity contribution in [2.75, 3.05) is 6.61 Å². The second-order valence-corrected chi connectivity index (χ2v) is 4.36. The van der Waals surface area contributed by atoms with Gasteiger partial charge in [-0.1, -0.05) is 45.4 Å². The molecule has 1 heterocycles. The van der Waals surface area contributed by atoms with Gasteiger partial charge in [0.1, 0.15) is 5.75 Å². The van der Waals surface area contributed by atoms with Crippen molar-refractivity contribution in [3.05, 3.63) is 29.7 Å². The SMILES string of the molecule is CCCCCCCCCOc1cc[n+]([O-])cc1. The van der Waals surface area contributed by atoms with Crippen LogP contribution in [0.2, 0.25) is 0 Å². The Bertz CT molecular complexity index is 285. The van der Waals surface area contributed by atoms with E-state index in [9.17, 15) is 5.21 Å². The van der Waals surface area contributed by atoms with Gasteiger partial charge in [-0.2, -0.15) is 4.73 Å². The van der Waals surface area contributed by atoms with Crippen LogP contribution in [0.3, 0.4) is 0 Å². The van der Waals surface area contributed by atoms with Gasteiger partial charge >= 0.3 is 0 Å².